The summed E-state index contributed by atoms with van der Waals surface area (Å²) in [7, 11) is 0. The van der Waals surface area contributed by atoms with E-state index in [-0.39, 0.29) is 18.2 Å². The first-order valence-electron chi connectivity index (χ1n) is 6.29. The highest BCUT2D eigenvalue weighted by Crippen LogP contribution is 2.19. The second-order valence-corrected chi connectivity index (χ2v) is 5.26. The number of likely N-dealkylation sites (tertiary alicyclic amines) is 1. The Morgan fingerprint density at radius 1 is 1.44 bits per heavy atom. The standard InChI is InChI=1S/C14H21FN2.ClH/c1-10-3-4-13(15)12(7-10)9-17-6-5-14(16)11(2)8-17;/h3-4,7,11,14H,5-6,8-9,16H2,1-2H3;1H. The van der Waals surface area contributed by atoms with E-state index in [1.807, 2.05) is 19.1 Å². The molecule has 1 aliphatic heterocycles. The number of hydrogen-bond acceptors (Lipinski definition) is 2. The van der Waals surface area contributed by atoms with Crippen molar-refractivity contribution in [1.29, 1.82) is 0 Å². The quantitative estimate of drug-likeness (QED) is 0.897. The molecule has 0 aliphatic carbocycles. The minimum atomic E-state index is -0.0990. The smallest absolute Gasteiger partial charge is 0.127 e. The van der Waals surface area contributed by atoms with Gasteiger partial charge >= 0.3 is 0 Å². The van der Waals surface area contributed by atoms with E-state index in [1.165, 1.54) is 0 Å². The first-order chi connectivity index (χ1) is 8.06. The van der Waals surface area contributed by atoms with E-state index in [4.69, 9.17) is 5.73 Å². The average Bonchev–Trinajstić information content (AvgIpc) is 2.29. The van der Waals surface area contributed by atoms with Crippen molar-refractivity contribution in [1.82, 2.24) is 4.90 Å². The van der Waals surface area contributed by atoms with Crippen LogP contribution in [0.1, 0.15) is 24.5 Å². The summed E-state index contributed by atoms with van der Waals surface area (Å²) in [6.07, 6.45) is 1.01. The first-order valence-corrected chi connectivity index (χ1v) is 6.29. The molecule has 0 radical (unpaired) electrons. The van der Waals surface area contributed by atoms with Crippen LogP contribution >= 0.6 is 12.4 Å². The monoisotopic (exact) mass is 272 g/mol. The normalized spacial score (nSPS) is 24.7. The maximum atomic E-state index is 13.6. The van der Waals surface area contributed by atoms with Gasteiger partial charge in [0.2, 0.25) is 0 Å². The van der Waals surface area contributed by atoms with Crippen molar-refractivity contribution >= 4 is 12.4 Å². The molecule has 102 valence electrons. The number of rotatable bonds is 2. The zero-order chi connectivity index (χ0) is 12.4. The minimum absolute atomic E-state index is 0. The number of halogens is 2. The molecular formula is C14H22ClFN2. The lowest BCUT2D eigenvalue weighted by molar-refractivity contribution is 0.156. The molecule has 18 heavy (non-hydrogen) atoms. The van der Waals surface area contributed by atoms with Gasteiger partial charge in [-0.25, -0.2) is 4.39 Å². The Morgan fingerprint density at radius 3 is 2.83 bits per heavy atom. The highest BCUT2D eigenvalue weighted by Gasteiger charge is 2.23. The third kappa shape index (κ3) is 3.67. The highest BCUT2D eigenvalue weighted by atomic mass is 35.5. The Morgan fingerprint density at radius 2 is 2.17 bits per heavy atom. The fraction of sp³-hybridized carbons (Fsp3) is 0.571. The molecule has 2 unspecified atom stereocenters. The summed E-state index contributed by atoms with van der Waals surface area (Å²) in [5, 5.41) is 0. The lowest BCUT2D eigenvalue weighted by Crippen LogP contribution is -2.45. The van der Waals surface area contributed by atoms with Gasteiger partial charge in [-0.2, -0.15) is 0 Å². The second kappa shape index (κ2) is 6.50. The van der Waals surface area contributed by atoms with Gasteiger partial charge in [0.25, 0.3) is 0 Å². The van der Waals surface area contributed by atoms with E-state index < -0.39 is 0 Å². The van der Waals surface area contributed by atoms with Crippen molar-refractivity contribution in [2.24, 2.45) is 11.7 Å². The third-order valence-corrected chi connectivity index (χ3v) is 3.65. The van der Waals surface area contributed by atoms with Crippen LogP contribution in [0, 0.1) is 18.7 Å². The number of hydrogen-bond donors (Lipinski definition) is 1. The zero-order valence-corrected chi connectivity index (χ0v) is 11.8. The average molecular weight is 273 g/mol. The molecule has 1 aromatic carbocycles. The molecule has 1 heterocycles. The van der Waals surface area contributed by atoms with Gasteiger partial charge in [0.1, 0.15) is 5.82 Å². The Kier molecular flexibility index (Phi) is 5.57. The fourth-order valence-corrected chi connectivity index (χ4v) is 2.46. The summed E-state index contributed by atoms with van der Waals surface area (Å²) in [5.41, 5.74) is 7.90. The SMILES string of the molecule is Cc1ccc(F)c(CN2CCC(N)C(C)C2)c1.Cl. The minimum Gasteiger partial charge on any atom is -0.327 e. The molecule has 1 fully saturated rings. The fourth-order valence-electron chi connectivity index (χ4n) is 2.46. The van der Waals surface area contributed by atoms with Crippen LogP contribution in [0.15, 0.2) is 18.2 Å². The van der Waals surface area contributed by atoms with E-state index in [0.717, 1.165) is 30.6 Å². The summed E-state index contributed by atoms with van der Waals surface area (Å²) in [6, 6.07) is 5.61. The van der Waals surface area contributed by atoms with Gasteiger partial charge in [0, 0.05) is 24.7 Å². The molecule has 0 amide bonds. The molecule has 0 spiro atoms. The van der Waals surface area contributed by atoms with Gasteiger partial charge in [0.05, 0.1) is 0 Å². The zero-order valence-electron chi connectivity index (χ0n) is 11.0. The summed E-state index contributed by atoms with van der Waals surface area (Å²) < 4.78 is 13.6. The highest BCUT2D eigenvalue weighted by molar-refractivity contribution is 5.85. The van der Waals surface area contributed by atoms with Gasteiger partial charge in [-0.15, -0.1) is 12.4 Å². The maximum Gasteiger partial charge on any atom is 0.127 e. The van der Waals surface area contributed by atoms with E-state index in [1.54, 1.807) is 6.07 Å². The largest absolute Gasteiger partial charge is 0.327 e. The van der Waals surface area contributed by atoms with Crippen molar-refractivity contribution in [3.05, 3.63) is 35.1 Å². The summed E-state index contributed by atoms with van der Waals surface area (Å²) >= 11 is 0. The van der Waals surface area contributed by atoms with Gasteiger partial charge in [-0.1, -0.05) is 24.6 Å². The van der Waals surface area contributed by atoms with E-state index >= 15 is 0 Å². The van der Waals surface area contributed by atoms with Crippen LogP contribution in [0.5, 0.6) is 0 Å². The number of benzene rings is 1. The molecule has 2 atom stereocenters. The molecule has 1 aliphatic rings. The van der Waals surface area contributed by atoms with Crippen LogP contribution in [0.4, 0.5) is 4.39 Å². The Bertz CT molecular complexity index is 397. The Labute approximate surface area is 115 Å². The molecule has 1 saturated heterocycles. The van der Waals surface area contributed by atoms with Gasteiger partial charge in [0.15, 0.2) is 0 Å². The van der Waals surface area contributed by atoms with Crippen LogP contribution in [0.2, 0.25) is 0 Å². The van der Waals surface area contributed by atoms with Crippen molar-refractivity contribution < 1.29 is 4.39 Å². The Balaban J connectivity index is 0.00000162. The summed E-state index contributed by atoms with van der Waals surface area (Å²) in [5.74, 6) is 0.398. The van der Waals surface area contributed by atoms with E-state index in [2.05, 4.69) is 11.8 Å². The molecule has 2 N–H and O–H groups in total. The molecule has 4 heteroatoms. The van der Waals surface area contributed by atoms with Crippen molar-refractivity contribution in [2.45, 2.75) is 32.9 Å². The van der Waals surface area contributed by atoms with Crippen LogP contribution in [0.25, 0.3) is 0 Å². The van der Waals surface area contributed by atoms with Gasteiger partial charge in [-0.3, -0.25) is 4.90 Å². The van der Waals surface area contributed by atoms with E-state index in [0.29, 0.717) is 18.5 Å². The lowest BCUT2D eigenvalue weighted by Gasteiger charge is -2.35. The van der Waals surface area contributed by atoms with Gasteiger partial charge < -0.3 is 5.73 Å². The molecule has 0 aromatic heterocycles. The van der Waals surface area contributed by atoms with Crippen molar-refractivity contribution in [3.63, 3.8) is 0 Å². The molecule has 1 aromatic rings. The number of nitrogens with zero attached hydrogens (tertiary/aromatic N) is 1. The number of piperidine rings is 1. The summed E-state index contributed by atoms with van der Waals surface area (Å²) in [6.45, 7) is 6.80. The number of aryl methyl sites for hydroxylation is 1. The molecule has 2 rings (SSSR count). The van der Waals surface area contributed by atoms with Gasteiger partial charge in [-0.05, 0) is 31.9 Å². The number of nitrogens with two attached hydrogens (primary N) is 1. The molecular weight excluding hydrogens is 251 g/mol. The molecule has 0 bridgehead atoms. The van der Waals surface area contributed by atoms with Crippen LogP contribution < -0.4 is 5.73 Å². The van der Waals surface area contributed by atoms with Crippen molar-refractivity contribution in [3.8, 4) is 0 Å². The molecule has 2 nitrogen and oxygen atoms in total. The third-order valence-electron chi connectivity index (χ3n) is 3.65. The lowest BCUT2D eigenvalue weighted by atomic mass is 9.94. The maximum absolute atomic E-state index is 13.6. The molecule has 0 saturated carbocycles. The predicted octanol–water partition coefficient (Wildman–Crippen LogP) is 2.73. The second-order valence-electron chi connectivity index (χ2n) is 5.26. The predicted molar refractivity (Wildman–Crippen MR) is 75.4 cm³/mol. The topological polar surface area (TPSA) is 29.3 Å². The Hall–Kier alpha value is -0.640. The van der Waals surface area contributed by atoms with E-state index in [9.17, 15) is 4.39 Å². The summed E-state index contributed by atoms with van der Waals surface area (Å²) in [4.78, 5) is 2.30. The van der Waals surface area contributed by atoms with Crippen LogP contribution in [0.3, 0.4) is 0 Å². The van der Waals surface area contributed by atoms with Crippen LogP contribution in [-0.2, 0) is 6.54 Å². The first kappa shape index (κ1) is 15.4. The van der Waals surface area contributed by atoms with Crippen LogP contribution in [-0.4, -0.2) is 24.0 Å². The van der Waals surface area contributed by atoms with Crippen molar-refractivity contribution in [2.75, 3.05) is 13.1 Å².